The van der Waals surface area contributed by atoms with Gasteiger partial charge in [0.1, 0.15) is 5.75 Å². The molecule has 1 N–H and O–H groups in total. The topological polar surface area (TPSA) is 74.8 Å². The fourth-order valence-corrected chi connectivity index (χ4v) is 4.64. The Morgan fingerprint density at radius 3 is 2.76 bits per heavy atom. The fraction of sp³-hybridized carbons (Fsp3) is 0.320. The number of benzene rings is 2. The Balaban J connectivity index is 1.39. The van der Waals surface area contributed by atoms with Gasteiger partial charge in [0.25, 0.3) is 0 Å². The van der Waals surface area contributed by atoms with Gasteiger partial charge in [-0.15, -0.1) is 11.3 Å². The first-order valence-corrected chi connectivity index (χ1v) is 11.9. The first kappa shape index (κ1) is 22.9. The highest BCUT2D eigenvalue weighted by Crippen LogP contribution is 2.33. The monoisotopic (exact) mass is 464 g/mol. The van der Waals surface area contributed by atoms with E-state index in [-0.39, 0.29) is 24.9 Å². The van der Waals surface area contributed by atoms with Crippen LogP contribution in [0.1, 0.15) is 17.5 Å². The predicted octanol–water partition coefficient (Wildman–Crippen LogP) is 3.98. The highest BCUT2D eigenvalue weighted by atomic mass is 32.1. The van der Waals surface area contributed by atoms with Gasteiger partial charge in [-0.3, -0.25) is 14.5 Å². The van der Waals surface area contributed by atoms with E-state index in [9.17, 15) is 9.59 Å². The number of carbonyl (C=O) groups excluding carboxylic acids is 2. The van der Waals surface area contributed by atoms with E-state index in [1.807, 2.05) is 47.9 Å². The third-order valence-corrected chi connectivity index (χ3v) is 6.52. The van der Waals surface area contributed by atoms with Crippen LogP contribution >= 0.6 is 11.3 Å². The van der Waals surface area contributed by atoms with Crippen LogP contribution in [0.25, 0.3) is 11.3 Å². The molecule has 1 aliphatic heterocycles. The molecule has 33 heavy (non-hydrogen) atoms. The van der Waals surface area contributed by atoms with Crippen molar-refractivity contribution in [1.29, 1.82) is 0 Å². The second-order valence-corrected chi connectivity index (χ2v) is 9.00. The van der Waals surface area contributed by atoms with Crippen LogP contribution in [0.2, 0.25) is 0 Å². The Kier molecular flexibility index (Phi) is 7.05. The molecule has 2 amide bonds. The van der Waals surface area contributed by atoms with Crippen LogP contribution in [0.15, 0.2) is 47.8 Å². The molecule has 0 saturated heterocycles. The summed E-state index contributed by atoms with van der Waals surface area (Å²) >= 11 is 1.63. The maximum absolute atomic E-state index is 13.1. The number of likely N-dealkylation sites (N-methyl/N-ethyl adjacent to an activating group) is 1. The van der Waals surface area contributed by atoms with E-state index in [0.29, 0.717) is 24.5 Å². The molecule has 2 aromatic carbocycles. The van der Waals surface area contributed by atoms with Gasteiger partial charge in [0.2, 0.25) is 11.8 Å². The largest absolute Gasteiger partial charge is 0.495 e. The third-order valence-electron chi connectivity index (χ3n) is 5.75. The van der Waals surface area contributed by atoms with Crippen LogP contribution in [-0.2, 0) is 16.0 Å². The van der Waals surface area contributed by atoms with Crippen LogP contribution in [0.3, 0.4) is 0 Å². The molecule has 0 saturated carbocycles. The van der Waals surface area contributed by atoms with E-state index in [1.165, 1.54) is 0 Å². The summed E-state index contributed by atoms with van der Waals surface area (Å²) in [7, 11) is 1.57. The molecule has 7 nitrogen and oxygen atoms in total. The SMILES string of the molecule is CCN(CC(=O)Nc1ccccc1OC)CC(=O)N1CCc2cc(-c3csc(C)n3)ccc21. The van der Waals surface area contributed by atoms with Crippen LogP contribution in [-0.4, -0.2) is 55.0 Å². The number of hydrogen-bond donors (Lipinski definition) is 1. The van der Waals surface area contributed by atoms with Crippen molar-refractivity contribution in [3.63, 3.8) is 0 Å². The number of aromatic nitrogens is 1. The highest BCUT2D eigenvalue weighted by Gasteiger charge is 2.26. The summed E-state index contributed by atoms with van der Waals surface area (Å²) in [6, 6.07) is 13.4. The lowest BCUT2D eigenvalue weighted by Crippen LogP contribution is -2.42. The second kappa shape index (κ2) is 10.1. The maximum atomic E-state index is 13.1. The lowest BCUT2D eigenvalue weighted by atomic mass is 10.1. The van der Waals surface area contributed by atoms with E-state index in [0.717, 1.165) is 33.9 Å². The smallest absolute Gasteiger partial charge is 0.241 e. The van der Waals surface area contributed by atoms with Gasteiger partial charge in [-0.2, -0.15) is 0 Å². The molecule has 1 aliphatic rings. The fourth-order valence-electron chi connectivity index (χ4n) is 4.01. The summed E-state index contributed by atoms with van der Waals surface area (Å²) in [4.78, 5) is 33.9. The average Bonchev–Trinajstić information content (AvgIpc) is 3.44. The Labute approximate surface area is 198 Å². The van der Waals surface area contributed by atoms with E-state index >= 15 is 0 Å². The number of anilines is 2. The van der Waals surface area contributed by atoms with E-state index in [2.05, 4.69) is 21.7 Å². The lowest BCUT2D eigenvalue weighted by Gasteiger charge is -2.24. The predicted molar refractivity (Wildman–Crippen MR) is 132 cm³/mol. The number of nitrogens with zero attached hydrogens (tertiary/aromatic N) is 3. The van der Waals surface area contributed by atoms with Crippen LogP contribution in [0.5, 0.6) is 5.75 Å². The lowest BCUT2D eigenvalue weighted by molar-refractivity contribution is -0.121. The number of aryl methyl sites for hydroxylation is 1. The molecule has 0 bridgehead atoms. The van der Waals surface area contributed by atoms with Crippen molar-refractivity contribution in [2.45, 2.75) is 20.3 Å². The summed E-state index contributed by atoms with van der Waals surface area (Å²) in [6.45, 7) is 5.50. The molecule has 3 aromatic rings. The Bertz CT molecular complexity index is 1160. The third kappa shape index (κ3) is 5.23. The van der Waals surface area contributed by atoms with Gasteiger partial charge < -0.3 is 15.0 Å². The van der Waals surface area contributed by atoms with Gasteiger partial charge >= 0.3 is 0 Å². The zero-order valence-corrected chi connectivity index (χ0v) is 19.9. The molecule has 172 valence electrons. The van der Waals surface area contributed by atoms with E-state index < -0.39 is 0 Å². The maximum Gasteiger partial charge on any atom is 0.241 e. The normalized spacial score (nSPS) is 12.7. The molecular weight excluding hydrogens is 436 g/mol. The minimum absolute atomic E-state index is 0.00190. The Morgan fingerprint density at radius 1 is 1.21 bits per heavy atom. The number of rotatable bonds is 8. The molecule has 0 atom stereocenters. The summed E-state index contributed by atoms with van der Waals surface area (Å²) in [5, 5.41) is 5.97. The van der Waals surface area contributed by atoms with Gasteiger partial charge in [0.15, 0.2) is 0 Å². The van der Waals surface area contributed by atoms with E-state index in [1.54, 1.807) is 30.6 Å². The zero-order chi connectivity index (χ0) is 23.4. The molecule has 2 heterocycles. The number of hydrogen-bond acceptors (Lipinski definition) is 6. The molecule has 0 spiro atoms. The van der Waals surface area contributed by atoms with Gasteiger partial charge in [0.05, 0.1) is 36.6 Å². The van der Waals surface area contributed by atoms with Gasteiger partial charge in [0, 0.05) is 23.2 Å². The first-order valence-electron chi connectivity index (χ1n) is 11.0. The number of ether oxygens (including phenoxy) is 1. The van der Waals surface area contributed by atoms with E-state index in [4.69, 9.17) is 4.74 Å². The summed E-state index contributed by atoms with van der Waals surface area (Å²) < 4.78 is 5.29. The van der Waals surface area contributed by atoms with Crippen LogP contribution < -0.4 is 15.0 Å². The number of carbonyl (C=O) groups is 2. The summed E-state index contributed by atoms with van der Waals surface area (Å²) in [5.41, 5.74) is 4.78. The van der Waals surface area contributed by atoms with Crippen molar-refractivity contribution in [3.8, 4) is 17.0 Å². The van der Waals surface area contributed by atoms with Gasteiger partial charge in [-0.1, -0.05) is 25.1 Å². The van der Waals surface area contributed by atoms with Crippen molar-refractivity contribution in [1.82, 2.24) is 9.88 Å². The molecule has 0 fully saturated rings. The standard InChI is InChI=1S/C25H28N4O3S/c1-4-28(14-24(30)27-20-7-5-6-8-23(20)32-3)15-25(31)29-12-11-19-13-18(9-10-22(19)29)21-16-33-17(2)26-21/h5-10,13,16H,4,11-12,14-15H2,1-3H3,(H,27,30). The number of nitrogens with one attached hydrogen (secondary N) is 1. The minimum Gasteiger partial charge on any atom is -0.495 e. The summed E-state index contributed by atoms with van der Waals surface area (Å²) in [5.74, 6) is 0.419. The molecule has 0 radical (unpaired) electrons. The molecule has 0 unspecified atom stereocenters. The quantitative estimate of drug-likeness (QED) is 0.546. The average molecular weight is 465 g/mol. The molecular formula is C25H28N4O3S. The number of methoxy groups -OCH3 is 1. The first-order chi connectivity index (χ1) is 16.0. The van der Waals surface area contributed by atoms with Gasteiger partial charge in [-0.05, 0) is 49.7 Å². The Morgan fingerprint density at radius 2 is 2.03 bits per heavy atom. The molecule has 0 aliphatic carbocycles. The molecule has 8 heteroatoms. The number of fused-ring (bicyclic) bond motifs is 1. The van der Waals surface area contributed by atoms with Crippen LogP contribution in [0, 0.1) is 6.92 Å². The second-order valence-electron chi connectivity index (χ2n) is 7.94. The van der Waals surface area contributed by atoms with Crippen molar-refractivity contribution in [2.24, 2.45) is 0 Å². The van der Waals surface area contributed by atoms with Crippen molar-refractivity contribution >= 4 is 34.5 Å². The number of para-hydroxylation sites is 2. The van der Waals surface area contributed by atoms with Crippen molar-refractivity contribution < 1.29 is 14.3 Å². The number of thiazole rings is 1. The van der Waals surface area contributed by atoms with Gasteiger partial charge in [-0.25, -0.2) is 4.98 Å². The molecule has 4 rings (SSSR count). The van der Waals surface area contributed by atoms with Crippen LogP contribution in [0.4, 0.5) is 11.4 Å². The Hall–Kier alpha value is -3.23. The summed E-state index contributed by atoms with van der Waals surface area (Å²) in [6.07, 6.45) is 0.818. The highest BCUT2D eigenvalue weighted by molar-refractivity contribution is 7.09. The van der Waals surface area contributed by atoms with Crippen molar-refractivity contribution in [3.05, 3.63) is 58.4 Å². The molecule has 1 aromatic heterocycles. The zero-order valence-electron chi connectivity index (χ0n) is 19.1. The van der Waals surface area contributed by atoms with Crippen molar-refractivity contribution in [2.75, 3.05) is 43.5 Å². The number of amides is 2. The minimum atomic E-state index is -0.181.